The standard InChI is InChI=1S/C25H31FN4O6/c1-5-29(25(35)24(34)28(2)3)18-12-11-17(36-4)14-30-22(18)27-20(21(32)23(30)33)19(31)13-8-15-6-9-16(26)10-7-15/h6-7,9-10,17-18,32H,5,8,11-14H2,1-4H3/t17-,18-/m0/s1. The van der Waals surface area contributed by atoms with Crippen LogP contribution in [0.3, 0.4) is 0 Å². The average Bonchev–Trinajstić information content (AvgIpc) is 3.05. The first kappa shape index (κ1) is 27.0. The van der Waals surface area contributed by atoms with E-state index in [4.69, 9.17) is 4.74 Å². The van der Waals surface area contributed by atoms with Gasteiger partial charge in [0.1, 0.15) is 11.6 Å². The molecule has 0 fully saturated rings. The van der Waals surface area contributed by atoms with Gasteiger partial charge in [-0.1, -0.05) is 12.1 Å². The average molecular weight is 503 g/mol. The maximum atomic E-state index is 13.2. The Hall–Kier alpha value is -3.60. The molecule has 194 valence electrons. The largest absolute Gasteiger partial charge is 0.501 e. The number of nitrogens with zero attached hydrogens (tertiary/aromatic N) is 4. The van der Waals surface area contributed by atoms with Crippen LogP contribution in [0.4, 0.5) is 4.39 Å². The van der Waals surface area contributed by atoms with Crippen LogP contribution < -0.4 is 5.56 Å². The summed E-state index contributed by atoms with van der Waals surface area (Å²) in [6, 6.07) is 4.88. The van der Waals surface area contributed by atoms with E-state index in [0.29, 0.717) is 18.4 Å². The van der Waals surface area contributed by atoms with Crippen LogP contribution >= 0.6 is 0 Å². The number of amides is 2. The fourth-order valence-corrected chi connectivity index (χ4v) is 4.29. The van der Waals surface area contributed by atoms with E-state index in [1.165, 1.54) is 47.7 Å². The maximum absolute atomic E-state index is 13.2. The van der Waals surface area contributed by atoms with Gasteiger partial charge in [0.25, 0.3) is 5.56 Å². The molecule has 36 heavy (non-hydrogen) atoms. The van der Waals surface area contributed by atoms with E-state index in [1.807, 2.05) is 0 Å². The summed E-state index contributed by atoms with van der Waals surface area (Å²) < 4.78 is 19.8. The SMILES string of the molecule is CCN(C(=O)C(=O)N(C)C)[C@H]1CC[C@H](OC)Cn2c1nc(C(=O)CCc1ccc(F)cc1)c(O)c2=O. The Morgan fingerprint density at radius 2 is 1.83 bits per heavy atom. The molecule has 1 N–H and O–H groups in total. The molecular formula is C25H31FN4O6. The van der Waals surface area contributed by atoms with Gasteiger partial charge in [-0.25, -0.2) is 9.37 Å². The lowest BCUT2D eigenvalue weighted by Gasteiger charge is -2.31. The lowest BCUT2D eigenvalue weighted by molar-refractivity contribution is -0.152. The second kappa shape index (κ2) is 11.4. The molecule has 2 heterocycles. The van der Waals surface area contributed by atoms with Crippen LogP contribution in [0, 0.1) is 5.82 Å². The Morgan fingerprint density at radius 1 is 1.17 bits per heavy atom. The summed E-state index contributed by atoms with van der Waals surface area (Å²) in [6.45, 7) is 1.93. The lowest BCUT2D eigenvalue weighted by Crippen LogP contribution is -2.45. The number of aromatic hydroxyl groups is 1. The Balaban J connectivity index is 2.03. The number of aromatic nitrogens is 2. The number of Topliss-reactive ketones (excluding diaryl/α,β-unsaturated/α-hetero) is 1. The molecule has 3 rings (SSSR count). The zero-order valence-electron chi connectivity index (χ0n) is 20.9. The van der Waals surface area contributed by atoms with Gasteiger partial charge in [-0.15, -0.1) is 0 Å². The molecule has 1 aliphatic rings. The molecule has 2 amide bonds. The highest BCUT2D eigenvalue weighted by molar-refractivity contribution is 6.34. The number of ether oxygens (including phenoxy) is 1. The van der Waals surface area contributed by atoms with Crippen LogP contribution in [0.15, 0.2) is 29.1 Å². The van der Waals surface area contributed by atoms with Crippen molar-refractivity contribution in [1.29, 1.82) is 0 Å². The second-order valence-corrected chi connectivity index (χ2v) is 8.87. The van der Waals surface area contributed by atoms with Crippen molar-refractivity contribution in [2.24, 2.45) is 0 Å². The van der Waals surface area contributed by atoms with Crippen molar-refractivity contribution < 1.29 is 28.6 Å². The Morgan fingerprint density at radius 3 is 2.42 bits per heavy atom. The van der Waals surface area contributed by atoms with Gasteiger partial charge in [-0.2, -0.15) is 0 Å². The van der Waals surface area contributed by atoms with Crippen LogP contribution in [0.25, 0.3) is 0 Å². The number of benzene rings is 1. The smallest absolute Gasteiger partial charge is 0.312 e. The first-order valence-corrected chi connectivity index (χ1v) is 11.7. The Labute approximate surface area is 208 Å². The van der Waals surface area contributed by atoms with Gasteiger partial charge in [0.2, 0.25) is 5.75 Å². The maximum Gasteiger partial charge on any atom is 0.312 e. The quantitative estimate of drug-likeness (QED) is 0.452. The van der Waals surface area contributed by atoms with E-state index in [1.54, 1.807) is 19.1 Å². The van der Waals surface area contributed by atoms with Crippen LogP contribution in [0.2, 0.25) is 0 Å². The zero-order valence-corrected chi connectivity index (χ0v) is 20.9. The molecule has 1 aliphatic heterocycles. The molecule has 2 aromatic rings. The second-order valence-electron chi connectivity index (χ2n) is 8.87. The topological polar surface area (TPSA) is 122 Å². The van der Waals surface area contributed by atoms with Gasteiger partial charge in [-0.05, 0) is 43.9 Å². The van der Waals surface area contributed by atoms with Crippen LogP contribution in [-0.2, 0) is 27.3 Å². The highest BCUT2D eigenvalue weighted by Gasteiger charge is 2.36. The minimum absolute atomic E-state index is 0.0686. The molecule has 2 atom stereocenters. The molecule has 0 bridgehead atoms. The van der Waals surface area contributed by atoms with E-state index in [-0.39, 0.29) is 31.8 Å². The minimum atomic E-state index is -0.818. The first-order chi connectivity index (χ1) is 17.1. The number of likely N-dealkylation sites (N-methyl/N-ethyl adjacent to an activating group) is 2. The van der Waals surface area contributed by atoms with Crippen molar-refractivity contribution >= 4 is 17.6 Å². The molecule has 0 radical (unpaired) electrons. The predicted molar refractivity (Wildman–Crippen MR) is 128 cm³/mol. The van der Waals surface area contributed by atoms with Gasteiger partial charge in [-0.3, -0.25) is 23.7 Å². The number of hydrogen-bond donors (Lipinski definition) is 1. The molecule has 1 aromatic heterocycles. The third-order valence-corrected chi connectivity index (χ3v) is 6.34. The fourth-order valence-electron chi connectivity index (χ4n) is 4.29. The summed E-state index contributed by atoms with van der Waals surface area (Å²) in [6.07, 6.45) is 0.573. The third-order valence-electron chi connectivity index (χ3n) is 6.34. The lowest BCUT2D eigenvalue weighted by atomic mass is 10.0. The predicted octanol–water partition coefficient (Wildman–Crippen LogP) is 1.69. The number of methoxy groups -OCH3 is 1. The first-order valence-electron chi connectivity index (χ1n) is 11.7. The Bertz CT molecular complexity index is 1190. The molecule has 0 saturated heterocycles. The van der Waals surface area contributed by atoms with Gasteiger partial charge < -0.3 is 19.6 Å². The van der Waals surface area contributed by atoms with E-state index in [2.05, 4.69) is 4.98 Å². The highest BCUT2D eigenvalue weighted by Crippen LogP contribution is 2.30. The van der Waals surface area contributed by atoms with Crippen molar-refractivity contribution in [3.63, 3.8) is 0 Å². The molecular weight excluding hydrogens is 471 g/mol. The molecule has 10 nitrogen and oxygen atoms in total. The highest BCUT2D eigenvalue weighted by atomic mass is 19.1. The Kier molecular flexibility index (Phi) is 8.57. The van der Waals surface area contributed by atoms with Crippen molar-refractivity contribution in [3.05, 3.63) is 57.5 Å². The van der Waals surface area contributed by atoms with Crippen LogP contribution in [0.1, 0.15) is 54.1 Å². The minimum Gasteiger partial charge on any atom is -0.501 e. The monoisotopic (exact) mass is 502 g/mol. The summed E-state index contributed by atoms with van der Waals surface area (Å²) >= 11 is 0. The number of ketones is 1. The van der Waals surface area contributed by atoms with Crippen molar-refractivity contribution in [1.82, 2.24) is 19.4 Å². The van der Waals surface area contributed by atoms with Gasteiger partial charge in [0.05, 0.1) is 18.7 Å². The molecule has 0 saturated carbocycles. The molecule has 11 heteroatoms. The number of hydrogen-bond acceptors (Lipinski definition) is 7. The fraction of sp³-hybridized carbons (Fsp3) is 0.480. The number of fused-ring (bicyclic) bond motifs is 1. The molecule has 0 spiro atoms. The number of carbonyl (C=O) groups is 3. The van der Waals surface area contributed by atoms with Crippen LogP contribution in [0.5, 0.6) is 5.75 Å². The van der Waals surface area contributed by atoms with E-state index >= 15 is 0 Å². The normalized spacial score (nSPS) is 17.1. The summed E-state index contributed by atoms with van der Waals surface area (Å²) in [5.41, 5.74) is -0.500. The van der Waals surface area contributed by atoms with E-state index in [9.17, 15) is 28.7 Å². The number of rotatable bonds is 7. The van der Waals surface area contributed by atoms with Crippen molar-refractivity contribution in [2.75, 3.05) is 27.7 Å². The van der Waals surface area contributed by atoms with Gasteiger partial charge >= 0.3 is 11.8 Å². The summed E-state index contributed by atoms with van der Waals surface area (Å²) in [5.74, 6) is -3.12. The van der Waals surface area contributed by atoms with Gasteiger partial charge in [0, 0.05) is 34.2 Å². The number of carbonyl (C=O) groups excluding carboxylic acids is 3. The van der Waals surface area contributed by atoms with Crippen molar-refractivity contribution in [2.45, 2.75) is 51.3 Å². The molecule has 1 aromatic carbocycles. The third kappa shape index (κ3) is 5.62. The van der Waals surface area contributed by atoms with E-state index < -0.39 is 52.6 Å². The molecule has 0 unspecified atom stereocenters. The number of aryl methyl sites for hydroxylation is 1. The van der Waals surface area contributed by atoms with Crippen molar-refractivity contribution in [3.8, 4) is 5.75 Å². The van der Waals surface area contributed by atoms with Gasteiger partial charge in [0.15, 0.2) is 11.5 Å². The summed E-state index contributed by atoms with van der Waals surface area (Å²) in [4.78, 5) is 58.5. The summed E-state index contributed by atoms with van der Waals surface area (Å²) in [7, 11) is 4.43. The number of halogens is 1. The van der Waals surface area contributed by atoms with Crippen LogP contribution in [-0.4, -0.2) is 75.9 Å². The molecule has 0 aliphatic carbocycles. The van der Waals surface area contributed by atoms with E-state index in [0.717, 1.165) is 0 Å². The summed E-state index contributed by atoms with van der Waals surface area (Å²) in [5, 5.41) is 10.6. The zero-order chi connectivity index (χ0) is 26.6.